The molecule has 6 nitrogen and oxygen atoms in total. The topological polar surface area (TPSA) is 83.6 Å². The van der Waals surface area contributed by atoms with Crippen LogP contribution in [0.3, 0.4) is 0 Å². The molecule has 1 aromatic rings. The second kappa shape index (κ2) is 5.20. The lowest BCUT2D eigenvalue weighted by Crippen LogP contribution is -2.46. The Balaban J connectivity index is 2.94. The van der Waals surface area contributed by atoms with Crippen molar-refractivity contribution in [1.82, 2.24) is 10.1 Å². The van der Waals surface area contributed by atoms with Crippen LogP contribution in [0.15, 0.2) is 10.7 Å². The number of rotatable bonds is 4. The highest BCUT2D eigenvalue weighted by atomic mass is 16.5. The summed E-state index contributed by atoms with van der Waals surface area (Å²) in [6.45, 7) is 7.38. The summed E-state index contributed by atoms with van der Waals surface area (Å²) in [7, 11) is 0. The Labute approximate surface area is 106 Å². The monoisotopic (exact) mass is 254 g/mol. The molecule has 0 aliphatic rings. The number of carbonyl (C=O) groups is 2. The van der Waals surface area contributed by atoms with Gasteiger partial charge in [-0.3, -0.25) is 9.59 Å². The third-order valence-corrected chi connectivity index (χ3v) is 2.59. The maximum atomic E-state index is 12.3. The molecule has 6 heteroatoms. The summed E-state index contributed by atoms with van der Waals surface area (Å²) in [5.41, 5.74) is -0.0914. The average molecular weight is 254 g/mol. The molecule has 0 aliphatic carbocycles. The predicted molar refractivity (Wildman–Crippen MR) is 64.3 cm³/mol. The Bertz CT molecular complexity index is 445. The van der Waals surface area contributed by atoms with Gasteiger partial charge in [-0.15, -0.1) is 0 Å². The SMILES string of the molecule is Cc1oncc1C(=O)N(CCC(=O)O)C(C)(C)C. The van der Waals surface area contributed by atoms with Gasteiger partial charge in [-0.1, -0.05) is 5.16 Å². The van der Waals surface area contributed by atoms with Crippen molar-refractivity contribution in [3.63, 3.8) is 0 Å². The summed E-state index contributed by atoms with van der Waals surface area (Å²) in [4.78, 5) is 24.5. The minimum Gasteiger partial charge on any atom is -0.481 e. The maximum absolute atomic E-state index is 12.3. The van der Waals surface area contributed by atoms with E-state index in [4.69, 9.17) is 9.63 Å². The first kappa shape index (κ1) is 14.2. The normalized spacial score (nSPS) is 11.3. The van der Waals surface area contributed by atoms with Crippen molar-refractivity contribution >= 4 is 11.9 Å². The van der Waals surface area contributed by atoms with Gasteiger partial charge in [0.2, 0.25) is 0 Å². The molecule has 18 heavy (non-hydrogen) atoms. The van der Waals surface area contributed by atoms with Crippen LogP contribution >= 0.6 is 0 Å². The molecule has 0 fully saturated rings. The lowest BCUT2D eigenvalue weighted by atomic mass is 10.0. The van der Waals surface area contributed by atoms with Gasteiger partial charge in [0, 0.05) is 12.1 Å². The van der Waals surface area contributed by atoms with Crippen LogP contribution in [0.5, 0.6) is 0 Å². The summed E-state index contributed by atoms with van der Waals surface area (Å²) in [5.74, 6) is -0.758. The van der Waals surface area contributed by atoms with Crippen molar-refractivity contribution in [2.75, 3.05) is 6.54 Å². The molecule has 0 spiro atoms. The van der Waals surface area contributed by atoms with Crippen LogP contribution in [-0.2, 0) is 4.79 Å². The van der Waals surface area contributed by atoms with Gasteiger partial charge in [0.25, 0.3) is 5.91 Å². The van der Waals surface area contributed by atoms with Gasteiger partial charge in [0.1, 0.15) is 11.3 Å². The molecule has 1 amide bonds. The number of nitrogens with zero attached hydrogens (tertiary/aromatic N) is 2. The van der Waals surface area contributed by atoms with Crippen molar-refractivity contribution in [1.29, 1.82) is 0 Å². The van der Waals surface area contributed by atoms with E-state index in [9.17, 15) is 9.59 Å². The zero-order valence-corrected chi connectivity index (χ0v) is 11.1. The van der Waals surface area contributed by atoms with Gasteiger partial charge in [0.15, 0.2) is 0 Å². The second-order valence-electron chi connectivity index (χ2n) is 5.07. The quantitative estimate of drug-likeness (QED) is 0.884. The van der Waals surface area contributed by atoms with Crippen LogP contribution in [0.4, 0.5) is 0 Å². The summed E-state index contributed by atoms with van der Waals surface area (Å²) in [5, 5.41) is 12.3. The van der Waals surface area contributed by atoms with Crippen molar-refractivity contribution in [3.05, 3.63) is 17.5 Å². The van der Waals surface area contributed by atoms with Gasteiger partial charge in [-0.05, 0) is 27.7 Å². The molecular formula is C12H18N2O4. The fourth-order valence-corrected chi connectivity index (χ4v) is 1.60. The van der Waals surface area contributed by atoms with Crippen molar-refractivity contribution < 1.29 is 19.2 Å². The fraction of sp³-hybridized carbons (Fsp3) is 0.583. The molecule has 100 valence electrons. The zero-order valence-electron chi connectivity index (χ0n) is 11.1. The number of aliphatic carboxylic acids is 1. The van der Waals surface area contributed by atoms with E-state index >= 15 is 0 Å². The van der Waals surface area contributed by atoms with Gasteiger partial charge < -0.3 is 14.5 Å². The zero-order chi connectivity index (χ0) is 13.9. The highest BCUT2D eigenvalue weighted by Gasteiger charge is 2.29. The van der Waals surface area contributed by atoms with E-state index in [1.807, 2.05) is 20.8 Å². The van der Waals surface area contributed by atoms with Crippen LogP contribution in [0, 0.1) is 6.92 Å². The minimum absolute atomic E-state index is 0.0899. The molecule has 1 N–H and O–H groups in total. The van der Waals surface area contributed by atoms with Crippen molar-refractivity contribution in [3.8, 4) is 0 Å². The van der Waals surface area contributed by atoms with Crippen molar-refractivity contribution in [2.45, 2.75) is 39.7 Å². The Hall–Kier alpha value is -1.85. The number of amides is 1. The van der Waals surface area contributed by atoms with E-state index in [-0.39, 0.29) is 18.9 Å². The number of aryl methyl sites for hydroxylation is 1. The van der Waals surface area contributed by atoms with Crippen molar-refractivity contribution in [2.24, 2.45) is 0 Å². The van der Waals surface area contributed by atoms with E-state index in [1.165, 1.54) is 11.1 Å². The van der Waals surface area contributed by atoms with Gasteiger partial charge >= 0.3 is 5.97 Å². The summed E-state index contributed by atoms with van der Waals surface area (Å²) in [6, 6.07) is 0. The number of hydrogen-bond acceptors (Lipinski definition) is 4. The molecule has 0 atom stereocenters. The number of carboxylic acids is 1. The number of aromatic nitrogens is 1. The van der Waals surface area contributed by atoms with Crippen LogP contribution in [0.25, 0.3) is 0 Å². The molecule has 0 bridgehead atoms. The predicted octanol–water partition coefficient (Wildman–Crippen LogP) is 1.70. The number of carboxylic acid groups (broad SMARTS) is 1. The lowest BCUT2D eigenvalue weighted by molar-refractivity contribution is -0.137. The standard InChI is InChI=1S/C12H18N2O4/c1-8-9(7-13-18-8)11(17)14(12(2,3)4)6-5-10(15)16/h7H,5-6H2,1-4H3,(H,15,16). The van der Waals surface area contributed by atoms with Crippen LogP contribution in [0.2, 0.25) is 0 Å². The van der Waals surface area contributed by atoms with Crippen LogP contribution in [-0.4, -0.2) is 39.1 Å². The Morgan fingerprint density at radius 1 is 1.44 bits per heavy atom. The summed E-state index contributed by atoms with van der Waals surface area (Å²) >= 11 is 0. The number of hydrogen-bond donors (Lipinski definition) is 1. The molecule has 0 unspecified atom stereocenters. The van der Waals surface area contributed by atoms with Crippen LogP contribution in [0.1, 0.15) is 43.3 Å². The fourth-order valence-electron chi connectivity index (χ4n) is 1.60. The Morgan fingerprint density at radius 3 is 2.44 bits per heavy atom. The highest BCUT2D eigenvalue weighted by molar-refractivity contribution is 5.95. The Kier molecular flexibility index (Phi) is 4.11. The van der Waals surface area contributed by atoms with Gasteiger partial charge in [-0.25, -0.2) is 0 Å². The van der Waals surface area contributed by atoms with E-state index < -0.39 is 11.5 Å². The molecule has 0 aromatic carbocycles. The molecule has 0 aliphatic heterocycles. The lowest BCUT2D eigenvalue weighted by Gasteiger charge is -2.35. The second-order valence-corrected chi connectivity index (χ2v) is 5.07. The van der Waals surface area contributed by atoms with Crippen LogP contribution < -0.4 is 0 Å². The van der Waals surface area contributed by atoms with E-state index in [2.05, 4.69) is 5.16 Å². The summed E-state index contributed by atoms with van der Waals surface area (Å²) < 4.78 is 4.86. The minimum atomic E-state index is -0.931. The molecule has 1 aromatic heterocycles. The maximum Gasteiger partial charge on any atom is 0.305 e. The van der Waals surface area contributed by atoms with Gasteiger partial charge in [0.05, 0.1) is 12.6 Å². The first-order valence-electron chi connectivity index (χ1n) is 5.68. The van der Waals surface area contributed by atoms with E-state index in [0.29, 0.717) is 11.3 Å². The highest BCUT2D eigenvalue weighted by Crippen LogP contribution is 2.19. The summed E-state index contributed by atoms with van der Waals surface area (Å²) in [6.07, 6.45) is 1.27. The Morgan fingerprint density at radius 2 is 2.06 bits per heavy atom. The molecular weight excluding hydrogens is 236 g/mol. The smallest absolute Gasteiger partial charge is 0.305 e. The van der Waals surface area contributed by atoms with E-state index in [0.717, 1.165) is 0 Å². The molecule has 1 rings (SSSR count). The molecule has 0 saturated heterocycles. The largest absolute Gasteiger partial charge is 0.481 e. The molecule has 0 saturated carbocycles. The molecule has 0 radical (unpaired) electrons. The number of carbonyl (C=O) groups excluding carboxylic acids is 1. The first-order valence-corrected chi connectivity index (χ1v) is 5.68. The average Bonchev–Trinajstić information content (AvgIpc) is 2.61. The van der Waals surface area contributed by atoms with E-state index in [1.54, 1.807) is 6.92 Å². The third-order valence-electron chi connectivity index (χ3n) is 2.59. The third kappa shape index (κ3) is 3.32. The van der Waals surface area contributed by atoms with Gasteiger partial charge in [-0.2, -0.15) is 0 Å². The molecule has 1 heterocycles. The first-order chi connectivity index (χ1) is 8.23.